The van der Waals surface area contributed by atoms with Gasteiger partial charge in [0.25, 0.3) is 0 Å². The van der Waals surface area contributed by atoms with Gasteiger partial charge in [-0.2, -0.15) is 0 Å². The lowest BCUT2D eigenvalue weighted by Crippen LogP contribution is -2.26. The number of aromatic nitrogens is 3. The second-order valence-corrected chi connectivity index (χ2v) is 6.40. The predicted molar refractivity (Wildman–Crippen MR) is 87.6 cm³/mol. The molecular formula is C14H18Br2N4. The zero-order valence-electron chi connectivity index (χ0n) is 11.6. The molecule has 1 atom stereocenters. The number of nitrogens with zero attached hydrogens (tertiary/aromatic N) is 3. The van der Waals surface area contributed by atoms with E-state index in [2.05, 4.69) is 72.6 Å². The van der Waals surface area contributed by atoms with Crippen LogP contribution in [0.1, 0.15) is 30.6 Å². The first kappa shape index (κ1) is 15.7. The summed E-state index contributed by atoms with van der Waals surface area (Å²) in [6, 6.07) is 8.59. The van der Waals surface area contributed by atoms with E-state index in [-0.39, 0.29) is 6.04 Å². The molecule has 6 heteroatoms. The largest absolute Gasteiger partial charge is 0.308 e. The van der Waals surface area contributed by atoms with Crippen LogP contribution in [0.3, 0.4) is 0 Å². The summed E-state index contributed by atoms with van der Waals surface area (Å²) in [5, 5.41) is 11.7. The van der Waals surface area contributed by atoms with Gasteiger partial charge in [-0.15, -0.1) is 5.10 Å². The Morgan fingerprint density at radius 2 is 2.15 bits per heavy atom. The van der Waals surface area contributed by atoms with E-state index in [0.29, 0.717) is 0 Å². The zero-order valence-corrected chi connectivity index (χ0v) is 14.8. The van der Waals surface area contributed by atoms with E-state index in [1.807, 2.05) is 17.8 Å². The van der Waals surface area contributed by atoms with Gasteiger partial charge in [0.05, 0.1) is 11.7 Å². The van der Waals surface area contributed by atoms with Crippen LogP contribution in [-0.2, 0) is 13.5 Å². The van der Waals surface area contributed by atoms with Crippen LogP contribution in [0.4, 0.5) is 0 Å². The molecule has 1 unspecified atom stereocenters. The molecule has 20 heavy (non-hydrogen) atoms. The van der Waals surface area contributed by atoms with Crippen molar-refractivity contribution in [3.05, 3.63) is 44.6 Å². The maximum Gasteiger partial charge on any atom is 0.153 e. The highest BCUT2D eigenvalue weighted by Crippen LogP contribution is 2.25. The van der Waals surface area contributed by atoms with Gasteiger partial charge in [0.2, 0.25) is 0 Å². The molecule has 0 aliphatic rings. The summed E-state index contributed by atoms with van der Waals surface area (Å²) in [7, 11) is 1.93. The Hall–Kier alpha value is -0.720. The first-order chi connectivity index (χ1) is 9.61. The third-order valence-corrected chi connectivity index (χ3v) is 4.18. The minimum absolute atomic E-state index is 0.193. The maximum atomic E-state index is 4.08. The minimum atomic E-state index is 0.193. The third-order valence-electron chi connectivity index (χ3n) is 3.13. The molecule has 1 N–H and O–H groups in total. The average molecular weight is 402 g/mol. The Morgan fingerprint density at radius 3 is 2.75 bits per heavy atom. The third kappa shape index (κ3) is 3.90. The molecule has 0 aliphatic heterocycles. The van der Waals surface area contributed by atoms with E-state index < -0.39 is 0 Å². The van der Waals surface area contributed by atoms with Crippen molar-refractivity contribution in [2.75, 3.05) is 6.54 Å². The molecule has 2 aromatic rings. The quantitative estimate of drug-likeness (QED) is 0.803. The summed E-state index contributed by atoms with van der Waals surface area (Å²) in [4.78, 5) is 0. The van der Waals surface area contributed by atoms with Crippen LogP contribution in [0.2, 0.25) is 0 Å². The molecule has 0 saturated heterocycles. The first-order valence-electron chi connectivity index (χ1n) is 6.64. The summed E-state index contributed by atoms with van der Waals surface area (Å²) in [5.41, 5.74) is 2.36. The fourth-order valence-electron chi connectivity index (χ4n) is 2.19. The van der Waals surface area contributed by atoms with Crippen molar-refractivity contribution < 1.29 is 0 Å². The molecule has 1 aromatic heterocycles. The van der Waals surface area contributed by atoms with Gasteiger partial charge >= 0.3 is 0 Å². The smallest absolute Gasteiger partial charge is 0.153 e. The van der Waals surface area contributed by atoms with E-state index >= 15 is 0 Å². The van der Waals surface area contributed by atoms with Crippen LogP contribution in [0.25, 0.3) is 0 Å². The number of nitrogens with one attached hydrogen (secondary N) is 1. The number of aryl methyl sites for hydroxylation is 1. The molecule has 1 heterocycles. The van der Waals surface area contributed by atoms with Gasteiger partial charge in [0, 0.05) is 11.5 Å². The minimum Gasteiger partial charge on any atom is -0.308 e. The average Bonchev–Trinajstić information content (AvgIpc) is 2.74. The van der Waals surface area contributed by atoms with Gasteiger partial charge in [0.1, 0.15) is 0 Å². The molecule has 0 aliphatic carbocycles. The van der Waals surface area contributed by atoms with Crippen molar-refractivity contribution >= 4 is 31.9 Å². The maximum absolute atomic E-state index is 4.08. The lowest BCUT2D eigenvalue weighted by molar-refractivity contribution is 0.491. The molecule has 0 radical (unpaired) electrons. The van der Waals surface area contributed by atoms with Crippen LogP contribution in [0.15, 0.2) is 33.3 Å². The van der Waals surface area contributed by atoms with Crippen LogP contribution < -0.4 is 5.32 Å². The Morgan fingerprint density at radius 1 is 1.35 bits per heavy atom. The Labute approximate surface area is 136 Å². The second kappa shape index (κ2) is 7.33. The molecule has 108 valence electrons. The number of benzene rings is 1. The first-order valence-corrected chi connectivity index (χ1v) is 8.23. The van der Waals surface area contributed by atoms with Crippen molar-refractivity contribution in [3.63, 3.8) is 0 Å². The van der Waals surface area contributed by atoms with E-state index in [1.165, 1.54) is 5.56 Å². The predicted octanol–water partition coefficient (Wildman–Crippen LogP) is 3.62. The van der Waals surface area contributed by atoms with Crippen LogP contribution >= 0.6 is 31.9 Å². The van der Waals surface area contributed by atoms with Crippen molar-refractivity contribution in [2.24, 2.45) is 7.05 Å². The number of hydrogen-bond donors (Lipinski definition) is 1. The normalized spacial score (nSPS) is 12.6. The summed E-state index contributed by atoms with van der Waals surface area (Å²) >= 11 is 7.02. The van der Waals surface area contributed by atoms with Gasteiger partial charge in [-0.1, -0.05) is 40.2 Å². The fourth-order valence-corrected chi connectivity index (χ4v) is 3.24. The Balaban J connectivity index is 2.24. The summed E-state index contributed by atoms with van der Waals surface area (Å²) < 4.78 is 3.74. The molecule has 0 amide bonds. The van der Waals surface area contributed by atoms with Gasteiger partial charge in [-0.3, -0.25) is 0 Å². The SMILES string of the molecule is CCCNC(Cc1cccc(Br)c1)c1c(Br)nnn1C. The standard InChI is InChI=1S/C14H18Br2N4/c1-3-7-17-12(13-14(16)18-19-20(13)2)9-10-5-4-6-11(15)8-10/h4-6,8,12,17H,3,7,9H2,1-2H3. The van der Waals surface area contributed by atoms with Gasteiger partial charge in [0.15, 0.2) is 4.60 Å². The zero-order chi connectivity index (χ0) is 14.5. The summed E-state index contributed by atoms with van der Waals surface area (Å²) in [5.74, 6) is 0. The van der Waals surface area contributed by atoms with Gasteiger partial charge < -0.3 is 5.32 Å². The topological polar surface area (TPSA) is 42.7 Å². The highest BCUT2D eigenvalue weighted by atomic mass is 79.9. The molecular weight excluding hydrogens is 384 g/mol. The fraction of sp³-hybridized carbons (Fsp3) is 0.429. The Kier molecular flexibility index (Phi) is 5.74. The van der Waals surface area contributed by atoms with Crippen molar-refractivity contribution in [2.45, 2.75) is 25.8 Å². The molecule has 0 bridgehead atoms. The Bertz CT molecular complexity index is 549. The van der Waals surface area contributed by atoms with Crippen LogP contribution in [0, 0.1) is 0 Å². The van der Waals surface area contributed by atoms with Gasteiger partial charge in [-0.05, 0) is 53.0 Å². The number of halogens is 2. The van der Waals surface area contributed by atoms with E-state index in [0.717, 1.165) is 34.2 Å². The lowest BCUT2D eigenvalue weighted by Gasteiger charge is -2.19. The molecule has 1 aromatic carbocycles. The summed E-state index contributed by atoms with van der Waals surface area (Å²) in [6.07, 6.45) is 2.00. The van der Waals surface area contributed by atoms with Crippen LogP contribution in [-0.4, -0.2) is 21.5 Å². The molecule has 0 saturated carbocycles. The van der Waals surface area contributed by atoms with Gasteiger partial charge in [-0.25, -0.2) is 4.68 Å². The van der Waals surface area contributed by atoms with Crippen molar-refractivity contribution in [1.82, 2.24) is 20.3 Å². The molecule has 0 fully saturated rings. The molecule has 2 rings (SSSR count). The molecule has 0 spiro atoms. The highest BCUT2D eigenvalue weighted by molar-refractivity contribution is 9.10. The number of hydrogen-bond acceptors (Lipinski definition) is 3. The summed E-state index contributed by atoms with van der Waals surface area (Å²) in [6.45, 7) is 3.13. The monoisotopic (exact) mass is 400 g/mol. The van der Waals surface area contributed by atoms with E-state index in [1.54, 1.807) is 0 Å². The lowest BCUT2D eigenvalue weighted by atomic mass is 10.0. The second-order valence-electron chi connectivity index (χ2n) is 4.73. The highest BCUT2D eigenvalue weighted by Gasteiger charge is 2.20. The van der Waals surface area contributed by atoms with E-state index in [9.17, 15) is 0 Å². The number of rotatable bonds is 6. The van der Waals surface area contributed by atoms with Crippen LogP contribution in [0.5, 0.6) is 0 Å². The van der Waals surface area contributed by atoms with E-state index in [4.69, 9.17) is 0 Å². The van der Waals surface area contributed by atoms with Crippen molar-refractivity contribution in [3.8, 4) is 0 Å². The molecule has 4 nitrogen and oxygen atoms in total. The van der Waals surface area contributed by atoms with Crippen molar-refractivity contribution in [1.29, 1.82) is 0 Å².